The average molecular weight is 288 g/mol. The van der Waals surface area contributed by atoms with Crippen molar-refractivity contribution in [3.8, 4) is 10.6 Å². The van der Waals surface area contributed by atoms with Gasteiger partial charge in [0.1, 0.15) is 9.88 Å². The topological polar surface area (TPSA) is 42.0 Å². The van der Waals surface area contributed by atoms with Crippen LogP contribution in [-0.2, 0) is 0 Å². The maximum atomic E-state index is 12.2. The zero-order chi connectivity index (χ0) is 14.5. The van der Waals surface area contributed by atoms with Crippen LogP contribution < -0.4 is 5.32 Å². The number of carbonyl (C=O) groups excluding carboxylic acids is 1. The molecule has 1 aromatic heterocycles. The first-order valence-corrected chi connectivity index (χ1v) is 7.70. The minimum Gasteiger partial charge on any atom is -0.351 e. The van der Waals surface area contributed by atoms with E-state index in [9.17, 15) is 4.79 Å². The number of amides is 1. The number of nitrogens with one attached hydrogen (secondary N) is 1. The Morgan fingerprint density at radius 1 is 1.30 bits per heavy atom. The standard InChI is InChI=1S/C16H20N2OS/c1-11(2)9-10-17-15(19)14-12(3)18-16(20-14)13-7-5-4-6-8-13/h4-8,11H,9-10H2,1-3H3,(H,17,19). The van der Waals surface area contributed by atoms with Gasteiger partial charge in [0.2, 0.25) is 0 Å². The Morgan fingerprint density at radius 2 is 2.00 bits per heavy atom. The van der Waals surface area contributed by atoms with E-state index in [1.807, 2.05) is 37.3 Å². The number of rotatable bonds is 5. The average Bonchev–Trinajstić information content (AvgIpc) is 2.81. The summed E-state index contributed by atoms with van der Waals surface area (Å²) < 4.78 is 0. The molecule has 0 aliphatic rings. The molecule has 0 aliphatic heterocycles. The van der Waals surface area contributed by atoms with Crippen molar-refractivity contribution in [3.05, 3.63) is 40.9 Å². The third kappa shape index (κ3) is 3.67. The third-order valence-corrected chi connectivity index (χ3v) is 4.24. The van der Waals surface area contributed by atoms with E-state index in [1.165, 1.54) is 11.3 Å². The highest BCUT2D eigenvalue weighted by atomic mass is 32.1. The lowest BCUT2D eigenvalue weighted by atomic mass is 10.1. The number of hydrogen-bond acceptors (Lipinski definition) is 3. The minimum atomic E-state index is -0.0113. The zero-order valence-electron chi connectivity index (χ0n) is 12.1. The summed E-state index contributed by atoms with van der Waals surface area (Å²) >= 11 is 1.46. The number of hydrogen-bond donors (Lipinski definition) is 1. The van der Waals surface area contributed by atoms with Crippen LogP contribution in [0.1, 0.15) is 35.6 Å². The molecular weight excluding hydrogens is 268 g/mol. The van der Waals surface area contributed by atoms with Crippen molar-refractivity contribution in [2.24, 2.45) is 5.92 Å². The van der Waals surface area contributed by atoms with E-state index in [0.29, 0.717) is 17.3 Å². The van der Waals surface area contributed by atoms with Gasteiger partial charge in [0.05, 0.1) is 5.69 Å². The summed E-state index contributed by atoms with van der Waals surface area (Å²) in [7, 11) is 0. The Kier molecular flexibility index (Phi) is 4.90. The molecule has 1 heterocycles. The van der Waals surface area contributed by atoms with Crippen LogP contribution in [0.25, 0.3) is 10.6 Å². The molecule has 2 aromatic rings. The Hall–Kier alpha value is -1.68. The quantitative estimate of drug-likeness (QED) is 0.906. The van der Waals surface area contributed by atoms with E-state index in [0.717, 1.165) is 22.7 Å². The zero-order valence-corrected chi connectivity index (χ0v) is 13.0. The Bertz CT molecular complexity index is 575. The number of benzene rings is 1. The summed E-state index contributed by atoms with van der Waals surface area (Å²) in [4.78, 5) is 17.4. The van der Waals surface area contributed by atoms with Gasteiger partial charge in [0, 0.05) is 12.1 Å². The fraction of sp³-hybridized carbons (Fsp3) is 0.375. The molecule has 0 atom stereocenters. The van der Waals surface area contributed by atoms with Gasteiger partial charge >= 0.3 is 0 Å². The van der Waals surface area contributed by atoms with Crippen LogP contribution >= 0.6 is 11.3 Å². The molecule has 0 spiro atoms. The van der Waals surface area contributed by atoms with E-state index in [-0.39, 0.29) is 5.91 Å². The number of aromatic nitrogens is 1. The van der Waals surface area contributed by atoms with Gasteiger partial charge in [-0.15, -0.1) is 11.3 Å². The lowest BCUT2D eigenvalue weighted by Crippen LogP contribution is -2.25. The fourth-order valence-electron chi connectivity index (χ4n) is 1.87. The van der Waals surface area contributed by atoms with E-state index in [2.05, 4.69) is 24.1 Å². The largest absolute Gasteiger partial charge is 0.351 e. The van der Waals surface area contributed by atoms with Crippen LogP contribution in [0.4, 0.5) is 0 Å². The fourth-order valence-corrected chi connectivity index (χ4v) is 2.85. The maximum absolute atomic E-state index is 12.2. The number of carbonyl (C=O) groups is 1. The Labute approximate surface area is 124 Å². The van der Waals surface area contributed by atoms with Gasteiger partial charge < -0.3 is 5.32 Å². The second-order valence-corrected chi connectivity index (χ2v) is 6.24. The number of thiazole rings is 1. The van der Waals surface area contributed by atoms with Crippen LogP contribution in [0, 0.1) is 12.8 Å². The molecule has 1 aromatic carbocycles. The normalized spacial score (nSPS) is 10.8. The van der Waals surface area contributed by atoms with Crippen molar-refractivity contribution in [1.82, 2.24) is 10.3 Å². The van der Waals surface area contributed by atoms with Crippen molar-refractivity contribution in [2.75, 3.05) is 6.54 Å². The Balaban J connectivity index is 2.10. The van der Waals surface area contributed by atoms with Gasteiger partial charge in [-0.2, -0.15) is 0 Å². The smallest absolute Gasteiger partial charge is 0.263 e. The van der Waals surface area contributed by atoms with Gasteiger partial charge in [0.15, 0.2) is 0 Å². The van der Waals surface area contributed by atoms with E-state index >= 15 is 0 Å². The molecular formula is C16H20N2OS. The van der Waals surface area contributed by atoms with Crippen molar-refractivity contribution in [3.63, 3.8) is 0 Å². The molecule has 106 valence electrons. The lowest BCUT2D eigenvalue weighted by Gasteiger charge is -2.05. The molecule has 0 saturated carbocycles. The molecule has 0 radical (unpaired) electrons. The summed E-state index contributed by atoms with van der Waals surface area (Å²) in [5.74, 6) is 0.584. The van der Waals surface area contributed by atoms with Crippen molar-refractivity contribution in [1.29, 1.82) is 0 Å². The van der Waals surface area contributed by atoms with Crippen LogP contribution in [0.2, 0.25) is 0 Å². The highest BCUT2D eigenvalue weighted by Gasteiger charge is 2.15. The van der Waals surface area contributed by atoms with Crippen molar-refractivity contribution < 1.29 is 4.79 Å². The molecule has 0 bridgehead atoms. The first kappa shape index (κ1) is 14.7. The Morgan fingerprint density at radius 3 is 2.65 bits per heavy atom. The number of aryl methyl sites for hydroxylation is 1. The van der Waals surface area contributed by atoms with Crippen LogP contribution in [0.3, 0.4) is 0 Å². The van der Waals surface area contributed by atoms with Gasteiger partial charge in [-0.3, -0.25) is 4.79 Å². The van der Waals surface area contributed by atoms with Gasteiger partial charge in [-0.05, 0) is 19.3 Å². The summed E-state index contributed by atoms with van der Waals surface area (Å²) in [6.07, 6.45) is 0.995. The van der Waals surface area contributed by atoms with Gasteiger partial charge in [-0.25, -0.2) is 4.98 Å². The summed E-state index contributed by atoms with van der Waals surface area (Å²) in [5.41, 5.74) is 1.86. The van der Waals surface area contributed by atoms with Crippen molar-refractivity contribution >= 4 is 17.2 Å². The summed E-state index contributed by atoms with van der Waals surface area (Å²) in [6.45, 7) is 6.91. The molecule has 2 rings (SSSR count). The second kappa shape index (κ2) is 6.66. The first-order valence-electron chi connectivity index (χ1n) is 6.89. The maximum Gasteiger partial charge on any atom is 0.263 e. The molecule has 20 heavy (non-hydrogen) atoms. The van der Waals surface area contributed by atoms with Crippen molar-refractivity contribution in [2.45, 2.75) is 27.2 Å². The third-order valence-electron chi connectivity index (χ3n) is 3.03. The molecule has 0 saturated heterocycles. The summed E-state index contributed by atoms with van der Waals surface area (Å²) in [5, 5.41) is 3.87. The molecule has 4 heteroatoms. The van der Waals surface area contributed by atoms with E-state index in [1.54, 1.807) is 0 Å². The van der Waals surface area contributed by atoms with E-state index < -0.39 is 0 Å². The monoisotopic (exact) mass is 288 g/mol. The van der Waals surface area contributed by atoms with Crippen LogP contribution in [0.5, 0.6) is 0 Å². The molecule has 0 fully saturated rings. The van der Waals surface area contributed by atoms with Gasteiger partial charge in [0.25, 0.3) is 5.91 Å². The van der Waals surface area contributed by atoms with Gasteiger partial charge in [-0.1, -0.05) is 44.2 Å². The molecule has 1 N–H and O–H groups in total. The SMILES string of the molecule is Cc1nc(-c2ccccc2)sc1C(=O)NCCC(C)C. The predicted octanol–water partition coefficient (Wildman–Crippen LogP) is 3.89. The van der Waals surface area contributed by atoms with Crippen LogP contribution in [-0.4, -0.2) is 17.4 Å². The lowest BCUT2D eigenvalue weighted by molar-refractivity contribution is 0.0955. The van der Waals surface area contributed by atoms with E-state index in [4.69, 9.17) is 0 Å². The number of nitrogens with zero attached hydrogens (tertiary/aromatic N) is 1. The molecule has 3 nitrogen and oxygen atoms in total. The first-order chi connectivity index (χ1) is 9.58. The highest BCUT2D eigenvalue weighted by Crippen LogP contribution is 2.27. The highest BCUT2D eigenvalue weighted by molar-refractivity contribution is 7.17. The minimum absolute atomic E-state index is 0.0113. The summed E-state index contributed by atoms with van der Waals surface area (Å²) in [6, 6.07) is 9.96. The second-order valence-electron chi connectivity index (χ2n) is 5.24. The predicted molar refractivity (Wildman–Crippen MR) is 84.1 cm³/mol. The molecule has 0 aliphatic carbocycles. The molecule has 1 amide bonds. The van der Waals surface area contributed by atoms with Crippen LogP contribution in [0.15, 0.2) is 30.3 Å². The molecule has 0 unspecified atom stereocenters.